The summed E-state index contributed by atoms with van der Waals surface area (Å²) in [6, 6.07) is 5.14. The van der Waals surface area contributed by atoms with Gasteiger partial charge in [0.25, 0.3) is 16.8 Å². The van der Waals surface area contributed by atoms with Crippen LogP contribution in [0.15, 0.2) is 42.1 Å². The standard InChI is InChI=1S/C20H18N4O6S.C2H6/c1-9-4-5-11(29-9)7-21-14-15(18(27)17(14)26)22-12-8-31-19(16(12)25)20(28)24(3)13-6-10(2)30-23-13;1-2/h4-6,8,21-22,25H,7H2,1-3H3;1-2H3. The number of thiophene rings is 1. The largest absolute Gasteiger partial charge is 0.504 e. The lowest BCUT2D eigenvalue weighted by Crippen LogP contribution is -2.36. The van der Waals surface area contributed by atoms with Gasteiger partial charge in [-0.25, -0.2) is 0 Å². The number of rotatable bonds is 7. The highest BCUT2D eigenvalue weighted by molar-refractivity contribution is 7.13. The maximum Gasteiger partial charge on any atom is 0.273 e. The fraction of sp³-hybridized carbons (Fsp3) is 0.273. The molecule has 0 aliphatic carbocycles. The van der Waals surface area contributed by atoms with Crippen molar-refractivity contribution >= 4 is 40.1 Å². The Kier molecular flexibility index (Phi) is 7.02. The second-order valence-electron chi connectivity index (χ2n) is 6.89. The van der Waals surface area contributed by atoms with Gasteiger partial charge in [0.05, 0.1) is 12.2 Å². The van der Waals surface area contributed by atoms with Crippen molar-refractivity contribution in [3.63, 3.8) is 0 Å². The van der Waals surface area contributed by atoms with E-state index in [9.17, 15) is 19.5 Å². The third-order valence-electron chi connectivity index (χ3n) is 4.63. The number of hydrogen-bond donors (Lipinski definition) is 3. The number of carbonyl (C=O) groups is 1. The van der Waals surface area contributed by atoms with Gasteiger partial charge in [-0.1, -0.05) is 19.0 Å². The van der Waals surface area contributed by atoms with E-state index in [2.05, 4.69) is 15.8 Å². The lowest BCUT2D eigenvalue weighted by Gasteiger charge is -2.14. The molecule has 0 bridgehead atoms. The van der Waals surface area contributed by atoms with E-state index in [1.807, 2.05) is 13.8 Å². The van der Waals surface area contributed by atoms with E-state index in [4.69, 9.17) is 8.94 Å². The van der Waals surface area contributed by atoms with Gasteiger partial charge in [0.15, 0.2) is 11.6 Å². The van der Waals surface area contributed by atoms with Crippen LogP contribution in [0.3, 0.4) is 0 Å². The molecule has 0 aliphatic heterocycles. The molecule has 0 radical (unpaired) electrons. The van der Waals surface area contributed by atoms with Gasteiger partial charge < -0.3 is 24.7 Å². The van der Waals surface area contributed by atoms with Gasteiger partial charge in [0.2, 0.25) is 0 Å². The smallest absolute Gasteiger partial charge is 0.273 e. The Bertz CT molecular complexity index is 1340. The van der Waals surface area contributed by atoms with E-state index < -0.39 is 16.8 Å². The molecule has 1 aromatic carbocycles. The molecule has 3 N–H and O–H groups in total. The zero-order valence-corrected chi connectivity index (χ0v) is 19.6. The van der Waals surface area contributed by atoms with Crippen molar-refractivity contribution < 1.29 is 18.8 Å². The summed E-state index contributed by atoms with van der Waals surface area (Å²) in [5.74, 6) is 1.34. The zero-order valence-electron chi connectivity index (χ0n) is 18.8. The van der Waals surface area contributed by atoms with Crippen LogP contribution in [0.25, 0.3) is 0 Å². The average molecular weight is 473 g/mol. The summed E-state index contributed by atoms with van der Waals surface area (Å²) in [4.78, 5) is 38.0. The van der Waals surface area contributed by atoms with Crippen molar-refractivity contribution in [1.82, 2.24) is 5.16 Å². The van der Waals surface area contributed by atoms with Gasteiger partial charge in [0, 0.05) is 18.5 Å². The maximum absolute atomic E-state index is 12.7. The molecule has 1 amide bonds. The lowest BCUT2D eigenvalue weighted by atomic mass is 10.1. The molecule has 11 heteroatoms. The van der Waals surface area contributed by atoms with Crippen LogP contribution >= 0.6 is 11.3 Å². The summed E-state index contributed by atoms with van der Waals surface area (Å²) in [5.41, 5.74) is -1.14. The van der Waals surface area contributed by atoms with Gasteiger partial charge in [0.1, 0.15) is 33.5 Å². The van der Waals surface area contributed by atoms with E-state index in [-0.39, 0.29) is 34.2 Å². The second-order valence-corrected chi connectivity index (χ2v) is 7.77. The molecular formula is C22H24N4O6S. The molecule has 3 heterocycles. The molecule has 4 rings (SSSR count). The maximum atomic E-state index is 12.7. The van der Waals surface area contributed by atoms with E-state index >= 15 is 0 Å². The summed E-state index contributed by atoms with van der Waals surface area (Å²) >= 11 is 0.991. The second kappa shape index (κ2) is 9.74. The van der Waals surface area contributed by atoms with Gasteiger partial charge in [-0.3, -0.25) is 19.3 Å². The molecule has 3 aromatic heterocycles. The summed E-state index contributed by atoms with van der Waals surface area (Å²) in [6.45, 7) is 7.71. The monoisotopic (exact) mass is 472 g/mol. The van der Waals surface area contributed by atoms with Crippen LogP contribution in [0.4, 0.5) is 22.9 Å². The molecule has 0 saturated heterocycles. The first-order chi connectivity index (χ1) is 15.8. The number of carbonyl (C=O) groups excluding carboxylic acids is 1. The van der Waals surface area contributed by atoms with Gasteiger partial charge in [-0.15, -0.1) is 11.3 Å². The molecule has 0 saturated carbocycles. The zero-order chi connectivity index (χ0) is 24.3. The number of anilines is 4. The number of aryl methyl sites for hydroxylation is 2. The molecule has 0 aliphatic rings. The number of aromatic hydroxyl groups is 1. The molecule has 33 heavy (non-hydrogen) atoms. The molecular weight excluding hydrogens is 448 g/mol. The molecule has 174 valence electrons. The van der Waals surface area contributed by atoms with Crippen LogP contribution in [-0.2, 0) is 6.54 Å². The van der Waals surface area contributed by atoms with E-state index in [1.54, 1.807) is 32.0 Å². The molecule has 0 fully saturated rings. The van der Waals surface area contributed by atoms with E-state index in [0.717, 1.165) is 17.1 Å². The number of hydrogen-bond acceptors (Lipinski definition) is 10. The molecule has 10 nitrogen and oxygen atoms in total. The number of furan rings is 1. The van der Waals surface area contributed by atoms with Crippen molar-refractivity contribution in [3.8, 4) is 5.75 Å². The number of nitrogens with zero attached hydrogens (tertiary/aromatic N) is 2. The van der Waals surface area contributed by atoms with Gasteiger partial charge >= 0.3 is 0 Å². The van der Waals surface area contributed by atoms with Crippen molar-refractivity contribution in [2.75, 3.05) is 22.6 Å². The topological polar surface area (TPSA) is 138 Å². The van der Waals surface area contributed by atoms with Crippen LogP contribution in [0.1, 0.15) is 40.8 Å². The van der Waals surface area contributed by atoms with Crippen LogP contribution in [0, 0.1) is 13.8 Å². The van der Waals surface area contributed by atoms with Gasteiger partial charge in [-0.2, -0.15) is 0 Å². The first kappa shape index (κ1) is 23.8. The molecule has 0 atom stereocenters. The Labute approximate surface area is 193 Å². The quantitative estimate of drug-likeness (QED) is 0.342. The van der Waals surface area contributed by atoms with Crippen LogP contribution in [0.5, 0.6) is 5.75 Å². The summed E-state index contributed by atoms with van der Waals surface area (Å²) in [6.07, 6.45) is 0. The van der Waals surface area contributed by atoms with Crippen LogP contribution in [0.2, 0.25) is 0 Å². The number of aromatic nitrogens is 1. The Balaban J connectivity index is 0.00000149. The normalized spacial score (nSPS) is 10.6. The van der Waals surface area contributed by atoms with E-state index in [0.29, 0.717) is 17.3 Å². The first-order valence-corrected chi connectivity index (χ1v) is 11.1. The van der Waals surface area contributed by atoms with E-state index in [1.165, 1.54) is 17.3 Å². The minimum absolute atomic E-state index is 0.0147. The van der Waals surface area contributed by atoms with Crippen molar-refractivity contribution in [2.45, 2.75) is 34.2 Å². The molecule has 0 unspecified atom stereocenters. The fourth-order valence-corrected chi connectivity index (χ4v) is 3.80. The summed E-state index contributed by atoms with van der Waals surface area (Å²) < 4.78 is 10.4. The Morgan fingerprint density at radius 2 is 1.85 bits per heavy atom. The minimum Gasteiger partial charge on any atom is -0.504 e. The Morgan fingerprint density at radius 3 is 2.45 bits per heavy atom. The Hall–Kier alpha value is -3.86. The summed E-state index contributed by atoms with van der Waals surface area (Å²) in [7, 11) is 1.50. The average Bonchev–Trinajstić information content (AvgIpc) is 3.53. The minimum atomic E-state index is -0.716. The van der Waals surface area contributed by atoms with Crippen LogP contribution in [-0.4, -0.2) is 23.2 Å². The molecule has 0 spiro atoms. The Morgan fingerprint density at radius 1 is 1.15 bits per heavy atom. The summed E-state index contributed by atoms with van der Waals surface area (Å²) in [5, 5.41) is 21.4. The van der Waals surface area contributed by atoms with Crippen molar-refractivity contribution in [2.24, 2.45) is 0 Å². The fourth-order valence-electron chi connectivity index (χ4n) is 2.93. The van der Waals surface area contributed by atoms with Crippen LogP contribution < -0.4 is 26.4 Å². The van der Waals surface area contributed by atoms with Crippen molar-refractivity contribution in [3.05, 3.63) is 66.2 Å². The number of amides is 1. The predicted octanol–water partition coefficient (Wildman–Crippen LogP) is 3.91. The third kappa shape index (κ3) is 4.67. The number of nitrogens with one attached hydrogen (secondary N) is 2. The predicted molar refractivity (Wildman–Crippen MR) is 127 cm³/mol. The van der Waals surface area contributed by atoms with Gasteiger partial charge in [-0.05, 0) is 26.0 Å². The first-order valence-electron chi connectivity index (χ1n) is 10.2. The highest BCUT2D eigenvalue weighted by atomic mass is 32.1. The SMILES string of the molecule is CC.Cc1cc(N(C)C(=O)c2scc(Nc3c(NCc4ccc(C)o4)c(=O)c3=O)c2O)no1. The highest BCUT2D eigenvalue weighted by Crippen LogP contribution is 2.37. The van der Waals surface area contributed by atoms with Crippen molar-refractivity contribution in [1.29, 1.82) is 0 Å². The third-order valence-corrected chi connectivity index (χ3v) is 5.59. The lowest BCUT2D eigenvalue weighted by molar-refractivity contribution is 0.0993. The highest BCUT2D eigenvalue weighted by Gasteiger charge is 2.26. The molecule has 4 aromatic rings.